The van der Waals surface area contributed by atoms with E-state index in [1.165, 1.54) is 12.3 Å². The van der Waals surface area contributed by atoms with Crippen molar-refractivity contribution in [2.75, 3.05) is 7.05 Å². The molecule has 6 nitrogen and oxygen atoms in total. The fourth-order valence-corrected chi connectivity index (χ4v) is 1.19. The first kappa shape index (κ1) is 11.2. The Kier molecular flexibility index (Phi) is 3.84. The van der Waals surface area contributed by atoms with Crippen molar-refractivity contribution in [3.63, 3.8) is 0 Å². The van der Waals surface area contributed by atoms with Crippen molar-refractivity contribution in [2.24, 2.45) is 0 Å². The molecule has 0 fully saturated rings. The molecule has 1 aromatic rings. The van der Waals surface area contributed by atoms with Crippen LogP contribution in [-0.2, 0) is 11.3 Å². The van der Waals surface area contributed by atoms with Crippen molar-refractivity contribution in [1.29, 1.82) is 0 Å². The number of H-pyrrole nitrogens is 1. The maximum absolute atomic E-state index is 11.2. The van der Waals surface area contributed by atoms with E-state index in [4.69, 9.17) is 0 Å². The van der Waals surface area contributed by atoms with Crippen LogP contribution >= 0.6 is 0 Å². The first-order valence-electron chi connectivity index (χ1n) is 4.64. The Balaban J connectivity index is 2.62. The maximum atomic E-state index is 11.2. The van der Waals surface area contributed by atoms with Gasteiger partial charge in [0, 0.05) is 32.3 Å². The second kappa shape index (κ2) is 5.14. The predicted octanol–water partition coefficient (Wildman–Crippen LogP) is -0.937. The highest BCUT2D eigenvalue weighted by Crippen LogP contribution is 1.89. The Morgan fingerprint density at radius 2 is 2.27 bits per heavy atom. The van der Waals surface area contributed by atoms with Crippen LogP contribution in [0.3, 0.4) is 0 Å². The molecule has 0 atom stereocenters. The van der Waals surface area contributed by atoms with Crippen molar-refractivity contribution >= 4 is 5.91 Å². The Morgan fingerprint density at radius 1 is 1.53 bits per heavy atom. The average Bonchev–Trinajstić information content (AvgIpc) is 2.22. The molecule has 0 saturated heterocycles. The lowest BCUT2D eigenvalue weighted by Crippen LogP contribution is -2.34. The van der Waals surface area contributed by atoms with Gasteiger partial charge in [0.25, 0.3) is 5.56 Å². The smallest absolute Gasteiger partial charge is 0.328 e. The summed E-state index contributed by atoms with van der Waals surface area (Å²) in [6.07, 6.45) is 2.07. The van der Waals surface area contributed by atoms with E-state index in [9.17, 15) is 14.4 Å². The zero-order valence-electron chi connectivity index (χ0n) is 8.45. The summed E-state index contributed by atoms with van der Waals surface area (Å²) in [4.78, 5) is 35.7. The quantitative estimate of drug-likeness (QED) is 0.674. The summed E-state index contributed by atoms with van der Waals surface area (Å²) >= 11 is 0. The molecule has 15 heavy (non-hydrogen) atoms. The number of nitrogens with zero attached hydrogens (tertiary/aromatic N) is 1. The van der Waals surface area contributed by atoms with Crippen LogP contribution in [0.4, 0.5) is 0 Å². The Labute approximate surface area is 85.9 Å². The van der Waals surface area contributed by atoms with Crippen LogP contribution in [0, 0.1) is 0 Å². The van der Waals surface area contributed by atoms with Crippen molar-refractivity contribution < 1.29 is 4.79 Å². The zero-order valence-corrected chi connectivity index (χ0v) is 8.45. The van der Waals surface area contributed by atoms with Crippen LogP contribution in [0.15, 0.2) is 21.9 Å². The molecule has 0 aliphatic heterocycles. The van der Waals surface area contributed by atoms with Gasteiger partial charge in [-0.1, -0.05) is 0 Å². The third kappa shape index (κ3) is 3.08. The predicted molar refractivity (Wildman–Crippen MR) is 54.6 cm³/mol. The van der Waals surface area contributed by atoms with Gasteiger partial charge >= 0.3 is 5.69 Å². The Morgan fingerprint density at radius 3 is 2.87 bits per heavy atom. The first-order chi connectivity index (χ1) is 7.15. The molecule has 0 aliphatic rings. The van der Waals surface area contributed by atoms with Crippen LogP contribution in [0.1, 0.15) is 12.8 Å². The third-order valence-corrected chi connectivity index (χ3v) is 2.01. The van der Waals surface area contributed by atoms with Crippen LogP contribution in [0.2, 0.25) is 0 Å². The van der Waals surface area contributed by atoms with E-state index in [0.29, 0.717) is 12.8 Å². The molecule has 0 aliphatic carbocycles. The Hall–Kier alpha value is -1.85. The number of nitrogens with one attached hydrogen (secondary N) is 2. The van der Waals surface area contributed by atoms with E-state index in [-0.39, 0.29) is 18.0 Å². The van der Waals surface area contributed by atoms with Crippen molar-refractivity contribution in [1.82, 2.24) is 14.9 Å². The molecule has 0 spiro atoms. The summed E-state index contributed by atoms with van der Waals surface area (Å²) in [7, 11) is 1.55. The lowest BCUT2D eigenvalue weighted by atomic mass is 10.3. The van der Waals surface area contributed by atoms with Crippen molar-refractivity contribution in [3.8, 4) is 0 Å². The fourth-order valence-electron chi connectivity index (χ4n) is 1.19. The lowest BCUT2D eigenvalue weighted by Gasteiger charge is -2.02. The third-order valence-electron chi connectivity index (χ3n) is 2.01. The first-order valence-corrected chi connectivity index (χ1v) is 4.64. The maximum Gasteiger partial charge on any atom is 0.328 e. The van der Waals surface area contributed by atoms with E-state index in [1.54, 1.807) is 7.05 Å². The number of hydrogen-bond donors (Lipinski definition) is 2. The monoisotopic (exact) mass is 211 g/mol. The van der Waals surface area contributed by atoms with Gasteiger partial charge in [-0.15, -0.1) is 0 Å². The molecule has 82 valence electrons. The van der Waals surface area contributed by atoms with Gasteiger partial charge in [0.1, 0.15) is 0 Å². The Bertz CT molecular complexity index is 418. The normalized spacial score (nSPS) is 9.93. The van der Waals surface area contributed by atoms with E-state index < -0.39 is 5.69 Å². The SMILES string of the molecule is CNC(=O)CCCn1c(=O)cc[nH]c1=O. The van der Waals surface area contributed by atoms with Gasteiger partial charge in [0.15, 0.2) is 0 Å². The largest absolute Gasteiger partial charge is 0.359 e. The highest BCUT2D eigenvalue weighted by atomic mass is 16.2. The molecule has 1 heterocycles. The average molecular weight is 211 g/mol. The standard InChI is InChI=1S/C9H13N3O3/c1-10-7(13)3-2-6-12-8(14)4-5-11-9(12)15/h4-5H,2-3,6H2,1H3,(H,10,13)(H,11,15). The molecule has 0 radical (unpaired) electrons. The van der Waals surface area contributed by atoms with E-state index in [1.807, 2.05) is 0 Å². The van der Waals surface area contributed by atoms with E-state index in [2.05, 4.69) is 10.3 Å². The summed E-state index contributed by atoms with van der Waals surface area (Å²) in [5, 5.41) is 2.47. The molecular formula is C9H13N3O3. The zero-order chi connectivity index (χ0) is 11.3. The van der Waals surface area contributed by atoms with E-state index in [0.717, 1.165) is 4.57 Å². The summed E-state index contributed by atoms with van der Waals surface area (Å²) < 4.78 is 1.07. The molecule has 0 unspecified atom stereocenters. The number of rotatable bonds is 4. The van der Waals surface area contributed by atoms with Gasteiger partial charge in [0.2, 0.25) is 5.91 Å². The molecule has 1 aromatic heterocycles. The summed E-state index contributed by atoms with van der Waals surface area (Å²) in [6.45, 7) is 0.252. The summed E-state index contributed by atoms with van der Waals surface area (Å²) in [5.41, 5.74) is -0.796. The number of amides is 1. The van der Waals surface area contributed by atoms with Crippen molar-refractivity contribution in [3.05, 3.63) is 33.1 Å². The lowest BCUT2D eigenvalue weighted by molar-refractivity contribution is -0.120. The van der Waals surface area contributed by atoms with Crippen molar-refractivity contribution in [2.45, 2.75) is 19.4 Å². The van der Waals surface area contributed by atoms with Gasteiger partial charge in [-0.2, -0.15) is 0 Å². The highest BCUT2D eigenvalue weighted by Gasteiger charge is 2.02. The molecule has 0 saturated carbocycles. The van der Waals surface area contributed by atoms with Gasteiger partial charge in [0.05, 0.1) is 0 Å². The second-order valence-corrected chi connectivity index (χ2v) is 3.05. The van der Waals surface area contributed by atoms with E-state index >= 15 is 0 Å². The van der Waals surface area contributed by atoms with Gasteiger partial charge in [-0.3, -0.25) is 14.2 Å². The second-order valence-electron chi connectivity index (χ2n) is 3.05. The van der Waals surface area contributed by atoms with Crippen LogP contribution < -0.4 is 16.6 Å². The highest BCUT2D eigenvalue weighted by molar-refractivity contribution is 5.75. The molecule has 0 aromatic carbocycles. The fraction of sp³-hybridized carbons (Fsp3) is 0.444. The van der Waals surface area contributed by atoms with Gasteiger partial charge < -0.3 is 10.3 Å². The number of carbonyl (C=O) groups is 1. The number of hydrogen-bond acceptors (Lipinski definition) is 3. The number of aromatic nitrogens is 2. The van der Waals surface area contributed by atoms with Crippen LogP contribution in [0.5, 0.6) is 0 Å². The van der Waals surface area contributed by atoms with Gasteiger partial charge in [-0.25, -0.2) is 4.79 Å². The topological polar surface area (TPSA) is 84.0 Å². The number of carbonyl (C=O) groups excluding carboxylic acids is 1. The molecular weight excluding hydrogens is 198 g/mol. The van der Waals surface area contributed by atoms with Crippen LogP contribution in [0.25, 0.3) is 0 Å². The number of aromatic amines is 1. The molecule has 2 N–H and O–H groups in total. The molecule has 6 heteroatoms. The summed E-state index contributed by atoms with van der Waals surface area (Å²) in [5.74, 6) is -0.101. The van der Waals surface area contributed by atoms with Crippen LogP contribution in [-0.4, -0.2) is 22.5 Å². The minimum absolute atomic E-state index is 0.101. The summed E-state index contributed by atoms with van der Waals surface area (Å²) in [6, 6.07) is 1.28. The molecule has 1 amide bonds. The molecule has 1 rings (SSSR count). The minimum Gasteiger partial charge on any atom is -0.359 e. The molecule has 0 bridgehead atoms. The minimum atomic E-state index is -0.445. The van der Waals surface area contributed by atoms with Gasteiger partial charge in [-0.05, 0) is 6.42 Å².